The molecule has 1 saturated heterocycles. The van der Waals surface area contributed by atoms with Gasteiger partial charge in [0, 0.05) is 17.8 Å². The first-order chi connectivity index (χ1) is 7.99. The van der Waals surface area contributed by atoms with Crippen molar-refractivity contribution in [2.24, 2.45) is 17.3 Å². The van der Waals surface area contributed by atoms with E-state index in [0.29, 0.717) is 5.41 Å². The lowest BCUT2D eigenvalue weighted by molar-refractivity contribution is 0.172. The minimum atomic E-state index is 0.498. The summed E-state index contributed by atoms with van der Waals surface area (Å²) in [5.74, 6) is 4.50. The Kier molecular flexibility index (Phi) is 4.46. The van der Waals surface area contributed by atoms with Gasteiger partial charge < -0.3 is 5.32 Å². The maximum Gasteiger partial charge on any atom is 0.0212 e. The minimum Gasteiger partial charge on any atom is -0.310 e. The topological polar surface area (TPSA) is 12.0 Å². The summed E-state index contributed by atoms with van der Waals surface area (Å²) in [6.07, 6.45) is 5.56. The van der Waals surface area contributed by atoms with Gasteiger partial charge in [0.25, 0.3) is 0 Å². The summed E-state index contributed by atoms with van der Waals surface area (Å²) in [7, 11) is 0. The molecule has 100 valence electrons. The second-order valence-electron chi connectivity index (χ2n) is 7.00. The molecule has 4 unspecified atom stereocenters. The van der Waals surface area contributed by atoms with Crippen molar-refractivity contribution in [2.75, 3.05) is 11.5 Å². The fraction of sp³-hybridized carbons (Fsp3) is 1.00. The van der Waals surface area contributed by atoms with E-state index in [0.717, 1.165) is 23.9 Å². The van der Waals surface area contributed by atoms with Crippen molar-refractivity contribution in [1.29, 1.82) is 0 Å². The maximum absolute atomic E-state index is 3.98. The number of nitrogens with one attached hydrogen (secondary N) is 1. The second kappa shape index (κ2) is 5.52. The molecule has 0 bridgehead atoms. The van der Waals surface area contributed by atoms with Crippen LogP contribution in [0.2, 0.25) is 0 Å². The Labute approximate surface area is 112 Å². The summed E-state index contributed by atoms with van der Waals surface area (Å²) in [6.45, 7) is 9.74. The smallest absolute Gasteiger partial charge is 0.0212 e. The highest BCUT2D eigenvalue weighted by atomic mass is 32.2. The van der Waals surface area contributed by atoms with E-state index in [1.165, 1.54) is 37.2 Å². The van der Waals surface area contributed by atoms with Gasteiger partial charge in [-0.05, 0) is 48.7 Å². The summed E-state index contributed by atoms with van der Waals surface area (Å²) in [5.41, 5.74) is 0.498. The quantitative estimate of drug-likeness (QED) is 0.802. The molecule has 1 N–H and O–H groups in total. The van der Waals surface area contributed by atoms with E-state index in [2.05, 4.69) is 44.8 Å². The molecule has 1 aliphatic heterocycles. The standard InChI is InChI=1S/C15H29NS/c1-11-5-6-13(9-12(11)2)16-14-10-17-8-7-15(14,3)4/h11-14,16H,5-10H2,1-4H3. The van der Waals surface area contributed by atoms with Gasteiger partial charge >= 0.3 is 0 Å². The number of hydrogen-bond donors (Lipinski definition) is 1. The van der Waals surface area contributed by atoms with Gasteiger partial charge in [-0.3, -0.25) is 0 Å². The van der Waals surface area contributed by atoms with Gasteiger partial charge in [0.05, 0.1) is 0 Å². The fourth-order valence-corrected chi connectivity index (χ4v) is 4.81. The molecule has 1 aliphatic carbocycles. The lowest BCUT2D eigenvalue weighted by Gasteiger charge is -2.43. The van der Waals surface area contributed by atoms with E-state index < -0.39 is 0 Å². The molecule has 1 saturated carbocycles. The first kappa shape index (κ1) is 13.7. The highest BCUT2D eigenvalue weighted by molar-refractivity contribution is 7.99. The van der Waals surface area contributed by atoms with Gasteiger partial charge in [0.1, 0.15) is 0 Å². The summed E-state index contributed by atoms with van der Waals surface area (Å²) >= 11 is 2.13. The third-order valence-electron chi connectivity index (χ3n) is 5.15. The van der Waals surface area contributed by atoms with Crippen molar-refractivity contribution in [2.45, 2.75) is 65.5 Å². The SMILES string of the molecule is CC1CCC(NC2CSCCC2(C)C)CC1C. The van der Waals surface area contributed by atoms with Crippen LogP contribution in [0.25, 0.3) is 0 Å². The average Bonchev–Trinajstić information content (AvgIpc) is 2.26. The third kappa shape index (κ3) is 3.41. The molecule has 0 aromatic heterocycles. The van der Waals surface area contributed by atoms with Crippen LogP contribution < -0.4 is 5.32 Å². The summed E-state index contributed by atoms with van der Waals surface area (Å²) in [4.78, 5) is 0. The van der Waals surface area contributed by atoms with Gasteiger partial charge in [-0.15, -0.1) is 0 Å². The number of rotatable bonds is 2. The van der Waals surface area contributed by atoms with Gasteiger partial charge in [-0.2, -0.15) is 11.8 Å². The predicted octanol–water partition coefficient (Wildman–Crippen LogP) is 3.93. The summed E-state index contributed by atoms with van der Waals surface area (Å²) < 4.78 is 0. The summed E-state index contributed by atoms with van der Waals surface area (Å²) in [5, 5.41) is 3.98. The zero-order chi connectivity index (χ0) is 12.5. The van der Waals surface area contributed by atoms with E-state index in [4.69, 9.17) is 0 Å². The van der Waals surface area contributed by atoms with Crippen LogP contribution >= 0.6 is 11.8 Å². The monoisotopic (exact) mass is 255 g/mol. The Balaban J connectivity index is 1.88. The first-order valence-corrected chi connectivity index (χ1v) is 8.48. The van der Waals surface area contributed by atoms with Gasteiger partial charge in [0.2, 0.25) is 0 Å². The molecule has 2 rings (SSSR count). The number of thioether (sulfide) groups is 1. The van der Waals surface area contributed by atoms with E-state index in [1.54, 1.807) is 0 Å². The van der Waals surface area contributed by atoms with Gasteiger partial charge in [-0.25, -0.2) is 0 Å². The highest BCUT2D eigenvalue weighted by Crippen LogP contribution is 2.36. The summed E-state index contributed by atoms with van der Waals surface area (Å²) in [6, 6.07) is 1.51. The van der Waals surface area contributed by atoms with Crippen LogP contribution in [-0.2, 0) is 0 Å². The Hall–Kier alpha value is 0.310. The largest absolute Gasteiger partial charge is 0.310 e. The molecular weight excluding hydrogens is 226 g/mol. The molecule has 0 spiro atoms. The van der Waals surface area contributed by atoms with Crippen molar-refractivity contribution < 1.29 is 0 Å². The lowest BCUT2D eigenvalue weighted by atomic mass is 9.77. The molecule has 4 atom stereocenters. The van der Waals surface area contributed by atoms with Crippen LogP contribution in [0.1, 0.15) is 53.4 Å². The molecule has 2 fully saturated rings. The average molecular weight is 255 g/mol. The normalized spacial score (nSPS) is 42.4. The van der Waals surface area contributed by atoms with Gasteiger partial charge in [-0.1, -0.05) is 27.7 Å². The van der Waals surface area contributed by atoms with Crippen molar-refractivity contribution in [3.63, 3.8) is 0 Å². The van der Waals surface area contributed by atoms with Crippen LogP contribution in [0, 0.1) is 17.3 Å². The molecule has 0 radical (unpaired) electrons. The van der Waals surface area contributed by atoms with Crippen LogP contribution in [0.15, 0.2) is 0 Å². The molecule has 0 aromatic rings. The Morgan fingerprint density at radius 2 is 1.88 bits per heavy atom. The zero-order valence-electron chi connectivity index (χ0n) is 12.0. The van der Waals surface area contributed by atoms with E-state index >= 15 is 0 Å². The molecule has 17 heavy (non-hydrogen) atoms. The van der Waals surface area contributed by atoms with Crippen LogP contribution in [0.4, 0.5) is 0 Å². The Morgan fingerprint density at radius 1 is 1.12 bits per heavy atom. The predicted molar refractivity (Wildman–Crippen MR) is 78.6 cm³/mol. The van der Waals surface area contributed by atoms with E-state index in [1.807, 2.05) is 0 Å². The fourth-order valence-electron chi connectivity index (χ4n) is 3.19. The maximum atomic E-state index is 3.98. The van der Waals surface area contributed by atoms with E-state index in [9.17, 15) is 0 Å². The molecule has 0 aromatic carbocycles. The van der Waals surface area contributed by atoms with Crippen LogP contribution in [-0.4, -0.2) is 23.6 Å². The zero-order valence-corrected chi connectivity index (χ0v) is 12.8. The van der Waals surface area contributed by atoms with Gasteiger partial charge in [0.15, 0.2) is 0 Å². The molecule has 1 heterocycles. The minimum absolute atomic E-state index is 0.498. The Morgan fingerprint density at radius 3 is 2.53 bits per heavy atom. The second-order valence-corrected chi connectivity index (χ2v) is 8.15. The third-order valence-corrected chi connectivity index (χ3v) is 6.22. The van der Waals surface area contributed by atoms with Crippen molar-refractivity contribution in [1.82, 2.24) is 5.32 Å². The molecule has 2 aliphatic rings. The van der Waals surface area contributed by atoms with Crippen LogP contribution in [0.3, 0.4) is 0 Å². The van der Waals surface area contributed by atoms with Crippen LogP contribution in [0.5, 0.6) is 0 Å². The highest BCUT2D eigenvalue weighted by Gasteiger charge is 2.35. The van der Waals surface area contributed by atoms with E-state index in [-0.39, 0.29) is 0 Å². The van der Waals surface area contributed by atoms with Crippen molar-refractivity contribution in [3.8, 4) is 0 Å². The Bertz CT molecular complexity index is 251. The van der Waals surface area contributed by atoms with Crippen molar-refractivity contribution in [3.05, 3.63) is 0 Å². The molecule has 1 nitrogen and oxygen atoms in total. The lowest BCUT2D eigenvalue weighted by Crippen LogP contribution is -2.52. The molecular formula is C15H29NS. The molecule has 2 heteroatoms. The molecule has 0 amide bonds. The first-order valence-electron chi connectivity index (χ1n) is 7.33. The van der Waals surface area contributed by atoms with Crippen molar-refractivity contribution >= 4 is 11.8 Å². The number of hydrogen-bond acceptors (Lipinski definition) is 2.